The Morgan fingerprint density at radius 2 is 2.50 bits per heavy atom. The summed E-state index contributed by atoms with van der Waals surface area (Å²) < 4.78 is 0. The first-order valence-electron chi connectivity index (χ1n) is 4.76. The van der Waals surface area contributed by atoms with Crippen LogP contribution in [0.1, 0.15) is 34.8 Å². The maximum absolute atomic E-state index is 10.8. The molecule has 0 radical (unpaired) electrons. The Morgan fingerprint density at radius 3 is 3.14 bits per heavy atom. The average molecular weight is 195 g/mol. The van der Waals surface area contributed by atoms with Gasteiger partial charge in [0.15, 0.2) is 0 Å². The number of H-pyrrole nitrogens is 1. The molecule has 1 atom stereocenters. The minimum absolute atomic E-state index is 0.261. The largest absolute Gasteiger partial charge is 0.478 e. The summed E-state index contributed by atoms with van der Waals surface area (Å²) in [6.45, 7) is 1.86. The van der Waals surface area contributed by atoms with Crippen LogP contribution in [-0.4, -0.2) is 34.4 Å². The van der Waals surface area contributed by atoms with E-state index in [4.69, 9.17) is 5.11 Å². The van der Waals surface area contributed by atoms with Gasteiger partial charge >= 0.3 is 5.97 Å². The van der Waals surface area contributed by atoms with Gasteiger partial charge in [-0.2, -0.15) is 5.10 Å². The summed E-state index contributed by atoms with van der Waals surface area (Å²) in [5.41, 5.74) is 1.06. The van der Waals surface area contributed by atoms with Crippen molar-refractivity contribution in [1.82, 2.24) is 15.5 Å². The predicted molar refractivity (Wildman–Crippen MR) is 50.4 cm³/mol. The number of carbonyl (C=O) groups is 1. The van der Waals surface area contributed by atoms with Gasteiger partial charge < -0.3 is 10.4 Å². The van der Waals surface area contributed by atoms with Crippen LogP contribution in [-0.2, 0) is 0 Å². The van der Waals surface area contributed by atoms with Crippen molar-refractivity contribution in [2.45, 2.75) is 18.8 Å². The van der Waals surface area contributed by atoms with Gasteiger partial charge in [0.2, 0.25) is 0 Å². The average Bonchev–Trinajstić information content (AvgIpc) is 2.67. The molecule has 1 unspecified atom stereocenters. The van der Waals surface area contributed by atoms with Crippen molar-refractivity contribution < 1.29 is 9.90 Å². The molecule has 2 heterocycles. The second-order valence-electron chi connectivity index (χ2n) is 3.55. The lowest BCUT2D eigenvalue weighted by Gasteiger charge is -2.21. The van der Waals surface area contributed by atoms with Crippen LogP contribution in [0.5, 0.6) is 0 Å². The fourth-order valence-electron chi connectivity index (χ4n) is 1.88. The number of aromatic amines is 1. The molecular weight excluding hydrogens is 182 g/mol. The zero-order valence-corrected chi connectivity index (χ0v) is 7.79. The molecule has 5 heteroatoms. The van der Waals surface area contributed by atoms with E-state index in [-0.39, 0.29) is 5.92 Å². The predicted octanol–water partition coefficient (Wildman–Crippen LogP) is 0.575. The van der Waals surface area contributed by atoms with E-state index < -0.39 is 5.97 Å². The molecule has 1 fully saturated rings. The van der Waals surface area contributed by atoms with Gasteiger partial charge in [-0.1, -0.05) is 0 Å². The Balaban J connectivity index is 2.21. The topological polar surface area (TPSA) is 78.0 Å². The summed E-state index contributed by atoms with van der Waals surface area (Å²) in [4.78, 5) is 10.8. The zero-order valence-electron chi connectivity index (χ0n) is 7.79. The minimum atomic E-state index is -0.903. The smallest absolute Gasteiger partial charge is 0.339 e. The van der Waals surface area contributed by atoms with E-state index in [0.717, 1.165) is 31.6 Å². The van der Waals surface area contributed by atoms with Crippen molar-refractivity contribution in [2.24, 2.45) is 0 Å². The molecule has 1 aromatic rings. The molecule has 1 aliphatic heterocycles. The molecular formula is C9H13N3O2. The number of aromatic nitrogens is 2. The summed E-state index contributed by atoms with van der Waals surface area (Å²) in [5.74, 6) is -0.642. The normalized spacial score (nSPS) is 22.1. The van der Waals surface area contributed by atoms with Gasteiger partial charge in [0.05, 0.1) is 11.9 Å². The van der Waals surface area contributed by atoms with Gasteiger partial charge in [0.1, 0.15) is 5.56 Å². The molecule has 1 aliphatic rings. The van der Waals surface area contributed by atoms with Crippen LogP contribution in [0.25, 0.3) is 0 Å². The van der Waals surface area contributed by atoms with Gasteiger partial charge in [-0.15, -0.1) is 0 Å². The maximum atomic E-state index is 10.8. The molecule has 5 nitrogen and oxygen atoms in total. The number of nitrogens with one attached hydrogen (secondary N) is 2. The first-order valence-corrected chi connectivity index (χ1v) is 4.76. The van der Waals surface area contributed by atoms with E-state index in [2.05, 4.69) is 15.5 Å². The maximum Gasteiger partial charge on any atom is 0.339 e. The number of rotatable bonds is 2. The number of hydrogen-bond acceptors (Lipinski definition) is 3. The molecule has 14 heavy (non-hydrogen) atoms. The number of aromatic carboxylic acids is 1. The van der Waals surface area contributed by atoms with Crippen LogP contribution in [0.3, 0.4) is 0 Å². The highest BCUT2D eigenvalue weighted by molar-refractivity contribution is 5.88. The SMILES string of the molecule is O=C(O)c1cn[nH]c1C1CCCNC1. The molecule has 0 aliphatic carbocycles. The molecule has 1 aromatic heterocycles. The lowest BCUT2D eigenvalue weighted by molar-refractivity contribution is 0.0695. The van der Waals surface area contributed by atoms with Crippen LogP contribution in [0.2, 0.25) is 0 Å². The second kappa shape index (κ2) is 3.79. The van der Waals surface area contributed by atoms with Crippen LogP contribution in [0.15, 0.2) is 6.20 Å². The summed E-state index contributed by atoms with van der Waals surface area (Å²) in [6, 6.07) is 0. The van der Waals surface area contributed by atoms with Gasteiger partial charge in [0, 0.05) is 12.5 Å². The fourth-order valence-corrected chi connectivity index (χ4v) is 1.88. The molecule has 0 saturated carbocycles. The van der Waals surface area contributed by atoms with E-state index in [9.17, 15) is 4.79 Å². The van der Waals surface area contributed by atoms with E-state index in [0.29, 0.717) is 5.56 Å². The van der Waals surface area contributed by atoms with Crippen molar-refractivity contribution in [1.29, 1.82) is 0 Å². The summed E-state index contributed by atoms with van der Waals surface area (Å²) in [5, 5.41) is 18.7. The van der Waals surface area contributed by atoms with E-state index in [1.54, 1.807) is 0 Å². The Labute approximate surface area is 81.5 Å². The quantitative estimate of drug-likeness (QED) is 0.645. The van der Waals surface area contributed by atoms with Crippen LogP contribution in [0, 0.1) is 0 Å². The summed E-state index contributed by atoms with van der Waals surface area (Å²) in [6.07, 6.45) is 3.49. The third-order valence-electron chi connectivity index (χ3n) is 2.60. The van der Waals surface area contributed by atoms with Crippen molar-refractivity contribution in [3.05, 3.63) is 17.5 Å². The molecule has 0 bridgehead atoms. The van der Waals surface area contributed by atoms with Crippen LogP contribution >= 0.6 is 0 Å². The van der Waals surface area contributed by atoms with Crippen molar-refractivity contribution >= 4 is 5.97 Å². The molecule has 2 rings (SSSR count). The van der Waals surface area contributed by atoms with E-state index >= 15 is 0 Å². The summed E-state index contributed by atoms with van der Waals surface area (Å²) >= 11 is 0. The highest BCUT2D eigenvalue weighted by atomic mass is 16.4. The molecule has 0 aromatic carbocycles. The third kappa shape index (κ3) is 1.63. The highest BCUT2D eigenvalue weighted by Gasteiger charge is 2.22. The van der Waals surface area contributed by atoms with Gasteiger partial charge in [-0.25, -0.2) is 4.79 Å². The molecule has 0 spiro atoms. The Bertz CT molecular complexity index is 329. The van der Waals surface area contributed by atoms with E-state index in [1.807, 2.05) is 0 Å². The molecule has 0 amide bonds. The van der Waals surface area contributed by atoms with Crippen molar-refractivity contribution in [3.63, 3.8) is 0 Å². The summed E-state index contributed by atoms with van der Waals surface area (Å²) in [7, 11) is 0. The molecule has 76 valence electrons. The van der Waals surface area contributed by atoms with Crippen molar-refractivity contribution in [3.8, 4) is 0 Å². The first kappa shape index (κ1) is 9.21. The van der Waals surface area contributed by atoms with Gasteiger partial charge in [-0.3, -0.25) is 5.10 Å². The van der Waals surface area contributed by atoms with Gasteiger partial charge in [0.25, 0.3) is 0 Å². The number of carboxylic acid groups (broad SMARTS) is 1. The van der Waals surface area contributed by atoms with Crippen LogP contribution < -0.4 is 5.32 Å². The zero-order chi connectivity index (χ0) is 9.97. The molecule has 1 saturated heterocycles. The third-order valence-corrected chi connectivity index (χ3v) is 2.60. The lowest BCUT2D eigenvalue weighted by Crippen LogP contribution is -2.29. The van der Waals surface area contributed by atoms with Gasteiger partial charge in [-0.05, 0) is 19.4 Å². The fraction of sp³-hybridized carbons (Fsp3) is 0.556. The number of carboxylic acids is 1. The lowest BCUT2D eigenvalue weighted by atomic mass is 9.94. The second-order valence-corrected chi connectivity index (χ2v) is 3.55. The number of hydrogen-bond donors (Lipinski definition) is 3. The highest BCUT2D eigenvalue weighted by Crippen LogP contribution is 2.23. The number of piperidine rings is 1. The molecule has 3 N–H and O–H groups in total. The standard InChI is InChI=1S/C9H13N3O2/c13-9(14)7-5-11-12-8(7)6-2-1-3-10-4-6/h5-6,10H,1-4H2,(H,11,12)(H,13,14). The first-order chi connectivity index (χ1) is 6.79. The Morgan fingerprint density at radius 1 is 1.64 bits per heavy atom. The minimum Gasteiger partial charge on any atom is -0.478 e. The Hall–Kier alpha value is -1.36. The number of nitrogens with zero attached hydrogens (tertiary/aromatic N) is 1. The Kier molecular flexibility index (Phi) is 2.49. The van der Waals surface area contributed by atoms with E-state index in [1.165, 1.54) is 6.20 Å². The van der Waals surface area contributed by atoms with Crippen molar-refractivity contribution in [2.75, 3.05) is 13.1 Å². The monoisotopic (exact) mass is 195 g/mol. The van der Waals surface area contributed by atoms with Crippen LogP contribution in [0.4, 0.5) is 0 Å².